The van der Waals surface area contributed by atoms with Crippen molar-refractivity contribution < 1.29 is 28.9 Å². The van der Waals surface area contributed by atoms with Crippen LogP contribution in [0.5, 0.6) is 0 Å². The first kappa shape index (κ1) is 33.3. The van der Waals surface area contributed by atoms with Gasteiger partial charge in [-0.1, -0.05) is 97.1 Å². The van der Waals surface area contributed by atoms with E-state index in [0.29, 0.717) is 19.5 Å². The molecule has 1 amide bonds. The number of rotatable bonds is 11. The van der Waals surface area contributed by atoms with E-state index in [-0.39, 0.29) is 24.7 Å². The summed E-state index contributed by atoms with van der Waals surface area (Å²) in [5.41, 5.74) is 4.96. The number of hydrogen-bond donors (Lipinski definition) is 2. The molecule has 5 aromatic carbocycles. The minimum Gasteiger partial charge on any atom is -0.453 e. The smallest absolute Gasteiger partial charge is 0.303 e. The lowest BCUT2D eigenvalue weighted by Gasteiger charge is -2.38. The van der Waals surface area contributed by atoms with Gasteiger partial charge < -0.3 is 24.6 Å². The van der Waals surface area contributed by atoms with Gasteiger partial charge in [0.25, 0.3) is 5.91 Å². The molecule has 1 heterocycles. The Labute approximate surface area is 281 Å². The zero-order valence-corrected chi connectivity index (χ0v) is 27.6. The molecular formula is C40H42N2O6. The van der Waals surface area contributed by atoms with E-state index in [9.17, 15) is 14.7 Å². The van der Waals surface area contributed by atoms with Crippen LogP contribution in [0.4, 0.5) is 0 Å². The summed E-state index contributed by atoms with van der Waals surface area (Å²) in [5.74, 6) is -0.851. The molecule has 8 heteroatoms. The standard InChI is InChI=1S/C40H42N2O6/c1-26(46-27(2)44)39(45)41-22-28-12-18-31(19-13-28)40-47-34(21-38(48-40)30-16-14-29(25-43)15-17-30)23-42(3)24-37-35-10-6-4-8-32(35)20-33-9-5-7-11-36(33)37/h4-20,26,34,38,40,43H,21-25H2,1-3H3,(H,41,45). The Morgan fingerprint density at radius 2 is 1.48 bits per heavy atom. The largest absolute Gasteiger partial charge is 0.453 e. The molecule has 0 spiro atoms. The third-order valence-electron chi connectivity index (χ3n) is 8.87. The summed E-state index contributed by atoms with van der Waals surface area (Å²) in [7, 11) is 2.14. The van der Waals surface area contributed by atoms with E-state index in [4.69, 9.17) is 14.2 Å². The van der Waals surface area contributed by atoms with Crippen LogP contribution in [0.2, 0.25) is 0 Å². The van der Waals surface area contributed by atoms with Gasteiger partial charge in [-0.15, -0.1) is 0 Å². The summed E-state index contributed by atoms with van der Waals surface area (Å²) < 4.78 is 18.2. The summed E-state index contributed by atoms with van der Waals surface area (Å²) in [4.78, 5) is 25.8. The van der Waals surface area contributed by atoms with Crippen LogP contribution in [0.25, 0.3) is 21.5 Å². The van der Waals surface area contributed by atoms with Crippen molar-refractivity contribution in [3.05, 3.63) is 131 Å². The molecule has 0 aromatic heterocycles. The Balaban J connectivity index is 1.19. The predicted octanol–water partition coefficient (Wildman–Crippen LogP) is 6.73. The quantitative estimate of drug-likeness (QED) is 0.121. The monoisotopic (exact) mass is 646 g/mol. The van der Waals surface area contributed by atoms with Crippen LogP contribution in [0.3, 0.4) is 0 Å². The molecule has 0 saturated carbocycles. The first-order chi connectivity index (χ1) is 23.3. The number of esters is 1. The minimum atomic E-state index is -0.858. The van der Waals surface area contributed by atoms with E-state index >= 15 is 0 Å². The first-order valence-corrected chi connectivity index (χ1v) is 16.4. The van der Waals surface area contributed by atoms with Crippen LogP contribution in [-0.4, -0.2) is 47.7 Å². The molecule has 4 unspecified atom stereocenters. The molecule has 0 bridgehead atoms. The highest BCUT2D eigenvalue weighted by Crippen LogP contribution is 2.38. The molecule has 0 radical (unpaired) electrons. The van der Waals surface area contributed by atoms with E-state index in [1.54, 1.807) is 6.92 Å². The highest BCUT2D eigenvalue weighted by Gasteiger charge is 2.33. The summed E-state index contributed by atoms with van der Waals surface area (Å²) >= 11 is 0. The van der Waals surface area contributed by atoms with Crippen LogP contribution in [0.1, 0.15) is 60.5 Å². The van der Waals surface area contributed by atoms with Gasteiger partial charge in [0.1, 0.15) is 0 Å². The van der Waals surface area contributed by atoms with E-state index < -0.39 is 18.4 Å². The normalized spacial score (nSPS) is 18.6. The minimum absolute atomic E-state index is 0.0106. The maximum atomic E-state index is 12.3. The SMILES string of the molecule is CC(=O)OC(C)C(=O)NCc1ccc(C2OC(CN(C)Cc3c4ccccc4cc4ccccc34)CC(c3ccc(CO)cc3)O2)cc1. The Bertz CT molecular complexity index is 1820. The van der Waals surface area contributed by atoms with Crippen LogP contribution >= 0.6 is 0 Å². The second-order valence-electron chi connectivity index (χ2n) is 12.6. The van der Waals surface area contributed by atoms with Crippen molar-refractivity contribution in [1.82, 2.24) is 10.2 Å². The molecule has 48 heavy (non-hydrogen) atoms. The van der Waals surface area contributed by atoms with Crippen molar-refractivity contribution in [2.24, 2.45) is 0 Å². The fourth-order valence-corrected chi connectivity index (χ4v) is 6.42. The van der Waals surface area contributed by atoms with Gasteiger partial charge in [0, 0.05) is 38.5 Å². The molecule has 6 rings (SSSR count). The van der Waals surface area contributed by atoms with E-state index in [2.05, 4.69) is 71.9 Å². The number of fused-ring (bicyclic) bond motifs is 2. The Hall–Kier alpha value is -4.60. The third-order valence-corrected chi connectivity index (χ3v) is 8.87. The Morgan fingerprint density at radius 1 is 0.875 bits per heavy atom. The average molecular weight is 647 g/mol. The molecule has 0 aliphatic carbocycles. The van der Waals surface area contributed by atoms with E-state index in [1.165, 1.54) is 34.0 Å². The number of aliphatic hydroxyl groups is 1. The zero-order chi connectivity index (χ0) is 33.6. The number of nitrogens with zero attached hydrogens (tertiary/aromatic N) is 1. The lowest BCUT2D eigenvalue weighted by Crippen LogP contribution is -2.37. The van der Waals surface area contributed by atoms with Crippen LogP contribution in [-0.2, 0) is 43.5 Å². The number of carbonyl (C=O) groups excluding carboxylic acids is 2. The molecule has 248 valence electrons. The van der Waals surface area contributed by atoms with Gasteiger partial charge in [-0.25, -0.2) is 0 Å². The number of likely N-dealkylation sites (N-methyl/N-ethyl adjacent to an activating group) is 1. The van der Waals surface area contributed by atoms with Gasteiger partial charge in [-0.2, -0.15) is 0 Å². The fraction of sp³-hybridized carbons (Fsp3) is 0.300. The number of amides is 1. The Kier molecular flexibility index (Phi) is 10.5. The van der Waals surface area contributed by atoms with Crippen LogP contribution in [0, 0.1) is 0 Å². The van der Waals surface area contributed by atoms with Crippen molar-refractivity contribution in [3.63, 3.8) is 0 Å². The number of ether oxygens (including phenoxy) is 3. The molecule has 1 aliphatic heterocycles. The number of benzene rings is 5. The summed E-state index contributed by atoms with van der Waals surface area (Å²) in [6.07, 6.45) is -1.08. The van der Waals surface area contributed by atoms with Gasteiger partial charge in [-0.05, 0) is 63.8 Å². The maximum Gasteiger partial charge on any atom is 0.303 e. The van der Waals surface area contributed by atoms with Crippen molar-refractivity contribution in [2.75, 3.05) is 13.6 Å². The van der Waals surface area contributed by atoms with Crippen molar-refractivity contribution >= 4 is 33.4 Å². The number of hydrogen-bond acceptors (Lipinski definition) is 7. The van der Waals surface area contributed by atoms with Gasteiger partial charge in [0.2, 0.25) is 0 Å². The molecule has 5 aromatic rings. The highest BCUT2D eigenvalue weighted by atomic mass is 16.7. The predicted molar refractivity (Wildman–Crippen MR) is 186 cm³/mol. The molecule has 1 aliphatic rings. The summed E-state index contributed by atoms with van der Waals surface area (Å²) in [5, 5.41) is 17.4. The molecule has 1 fully saturated rings. The van der Waals surface area contributed by atoms with E-state index in [0.717, 1.165) is 28.8 Å². The molecular weight excluding hydrogens is 604 g/mol. The fourth-order valence-electron chi connectivity index (χ4n) is 6.42. The lowest BCUT2D eigenvalue weighted by molar-refractivity contribution is -0.252. The van der Waals surface area contributed by atoms with Crippen molar-refractivity contribution in [2.45, 2.75) is 64.6 Å². The summed E-state index contributed by atoms with van der Waals surface area (Å²) in [6, 6.07) is 35.1. The second kappa shape index (κ2) is 15.1. The van der Waals surface area contributed by atoms with Crippen LogP contribution in [0.15, 0.2) is 103 Å². The van der Waals surface area contributed by atoms with Gasteiger partial charge in [-0.3, -0.25) is 14.5 Å². The number of nitrogens with one attached hydrogen (secondary N) is 1. The van der Waals surface area contributed by atoms with Gasteiger partial charge in [0.15, 0.2) is 12.4 Å². The molecule has 2 N–H and O–H groups in total. The number of carbonyl (C=O) groups is 2. The zero-order valence-electron chi connectivity index (χ0n) is 27.6. The topological polar surface area (TPSA) is 97.3 Å². The van der Waals surface area contributed by atoms with Crippen LogP contribution < -0.4 is 5.32 Å². The third kappa shape index (κ3) is 7.91. The maximum absolute atomic E-state index is 12.3. The van der Waals surface area contributed by atoms with Crippen molar-refractivity contribution in [3.8, 4) is 0 Å². The molecule has 1 saturated heterocycles. The first-order valence-electron chi connectivity index (χ1n) is 16.4. The Morgan fingerprint density at radius 3 is 2.10 bits per heavy atom. The van der Waals surface area contributed by atoms with E-state index in [1.807, 2.05) is 48.5 Å². The second-order valence-corrected chi connectivity index (χ2v) is 12.6. The van der Waals surface area contributed by atoms with Gasteiger partial charge in [0.05, 0.1) is 18.8 Å². The summed E-state index contributed by atoms with van der Waals surface area (Å²) in [6.45, 7) is 4.58. The highest BCUT2D eigenvalue weighted by molar-refractivity contribution is 6.02. The molecule has 4 atom stereocenters. The molecule has 8 nitrogen and oxygen atoms in total. The van der Waals surface area contributed by atoms with Gasteiger partial charge >= 0.3 is 5.97 Å². The average Bonchev–Trinajstić information content (AvgIpc) is 3.10. The number of aliphatic hydroxyl groups excluding tert-OH is 1. The van der Waals surface area contributed by atoms with Crippen molar-refractivity contribution in [1.29, 1.82) is 0 Å². The lowest BCUT2D eigenvalue weighted by atomic mass is 9.96.